The van der Waals surface area contributed by atoms with E-state index in [9.17, 15) is 9.90 Å². The lowest BCUT2D eigenvalue weighted by Crippen LogP contribution is -2.22. The van der Waals surface area contributed by atoms with E-state index in [2.05, 4.69) is 19.1 Å². The summed E-state index contributed by atoms with van der Waals surface area (Å²) < 4.78 is 5.82. The van der Waals surface area contributed by atoms with Gasteiger partial charge < -0.3 is 9.84 Å². The molecule has 19 heavy (non-hydrogen) atoms. The molecule has 0 amide bonds. The van der Waals surface area contributed by atoms with Crippen LogP contribution in [0.25, 0.3) is 0 Å². The molecule has 0 bridgehead atoms. The van der Waals surface area contributed by atoms with Gasteiger partial charge >= 0.3 is 5.97 Å². The lowest BCUT2D eigenvalue weighted by atomic mass is 9.85. The SMILES string of the molecule is Cc1cccc(C(=O)O)c1OCC1CC=CCC1C. The molecule has 1 aromatic rings. The number of benzene rings is 1. The van der Waals surface area contributed by atoms with Gasteiger partial charge in [0.15, 0.2) is 0 Å². The minimum absolute atomic E-state index is 0.249. The minimum Gasteiger partial charge on any atom is -0.492 e. The summed E-state index contributed by atoms with van der Waals surface area (Å²) in [5.41, 5.74) is 1.12. The van der Waals surface area contributed by atoms with Crippen LogP contribution in [0, 0.1) is 18.8 Å². The maximum absolute atomic E-state index is 11.2. The van der Waals surface area contributed by atoms with Gasteiger partial charge in [0.1, 0.15) is 11.3 Å². The zero-order valence-corrected chi connectivity index (χ0v) is 11.4. The summed E-state index contributed by atoms with van der Waals surface area (Å²) in [7, 11) is 0. The van der Waals surface area contributed by atoms with Crippen molar-refractivity contribution in [3.05, 3.63) is 41.5 Å². The van der Waals surface area contributed by atoms with Crippen molar-refractivity contribution in [3.8, 4) is 5.75 Å². The lowest BCUT2D eigenvalue weighted by molar-refractivity contribution is 0.0690. The maximum atomic E-state index is 11.2. The number of allylic oxidation sites excluding steroid dienone is 2. The normalized spacial score (nSPS) is 22.2. The van der Waals surface area contributed by atoms with Gasteiger partial charge in [-0.2, -0.15) is 0 Å². The van der Waals surface area contributed by atoms with E-state index in [4.69, 9.17) is 4.74 Å². The molecule has 0 spiro atoms. The van der Waals surface area contributed by atoms with Gasteiger partial charge in [0, 0.05) is 0 Å². The number of hydrogen-bond donors (Lipinski definition) is 1. The Morgan fingerprint density at radius 2 is 2.11 bits per heavy atom. The molecule has 1 aromatic carbocycles. The van der Waals surface area contributed by atoms with E-state index in [1.54, 1.807) is 12.1 Å². The van der Waals surface area contributed by atoms with Gasteiger partial charge in [-0.15, -0.1) is 0 Å². The summed E-state index contributed by atoms with van der Waals surface area (Å²) in [6.07, 6.45) is 6.48. The molecule has 2 atom stereocenters. The van der Waals surface area contributed by atoms with Gasteiger partial charge in [-0.25, -0.2) is 4.79 Å². The first-order valence-electron chi connectivity index (χ1n) is 6.70. The summed E-state index contributed by atoms with van der Waals surface area (Å²) >= 11 is 0. The summed E-state index contributed by atoms with van der Waals surface area (Å²) in [6.45, 7) is 4.68. The molecule has 102 valence electrons. The van der Waals surface area contributed by atoms with Crippen molar-refractivity contribution < 1.29 is 14.6 Å². The first kappa shape index (κ1) is 13.7. The number of aryl methyl sites for hydroxylation is 1. The Bertz CT molecular complexity index is 491. The fourth-order valence-corrected chi connectivity index (χ4v) is 2.44. The second kappa shape index (κ2) is 5.91. The van der Waals surface area contributed by atoms with Crippen molar-refractivity contribution in [2.75, 3.05) is 6.61 Å². The highest BCUT2D eigenvalue weighted by molar-refractivity contribution is 5.91. The fraction of sp³-hybridized carbons (Fsp3) is 0.438. The van der Waals surface area contributed by atoms with Crippen LogP contribution in [0.5, 0.6) is 5.75 Å². The second-order valence-electron chi connectivity index (χ2n) is 5.25. The first-order chi connectivity index (χ1) is 9.09. The quantitative estimate of drug-likeness (QED) is 0.840. The number of carbonyl (C=O) groups is 1. The monoisotopic (exact) mass is 260 g/mol. The standard InChI is InChI=1S/C16H20O3/c1-11-6-3-4-8-13(11)10-19-15-12(2)7-5-9-14(15)16(17)18/h3-5,7,9,11,13H,6,8,10H2,1-2H3,(H,17,18). The van der Waals surface area contributed by atoms with Gasteiger partial charge in [0.2, 0.25) is 0 Å². The van der Waals surface area contributed by atoms with Crippen LogP contribution in [0.2, 0.25) is 0 Å². The highest BCUT2D eigenvalue weighted by Crippen LogP contribution is 2.28. The Hall–Kier alpha value is -1.77. The van der Waals surface area contributed by atoms with Crippen LogP contribution >= 0.6 is 0 Å². The maximum Gasteiger partial charge on any atom is 0.339 e. The van der Waals surface area contributed by atoms with Gasteiger partial charge in [0.25, 0.3) is 0 Å². The van der Waals surface area contributed by atoms with Crippen molar-refractivity contribution in [1.82, 2.24) is 0 Å². The van der Waals surface area contributed by atoms with Gasteiger partial charge in [-0.05, 0) is 43.2 Å². The number of hydrogen-bond acceptors (Lipinski definition) is 2. The van der Waals surface area contributed by atoms with Crippen LogP contribution in [0.1, 0.15) is 35.7 Å². The molecule has 0 fully saturated rings. The molecule has 1 aliphatic carbocycles. The summed E-state index contributed by atoms with van der Waals surface area (Å²) in [5.74, 6) is 0.626. The first-order valence-corrected chi connectivity index (χ1v) is 6.70. The second-order valence-corrected chi connectivity index (χ2v) is 5.25. The Labute approximate surface area is 113 Å². The number of carboxylic acid groups (broad SMARTS) is 1. The Morgan fingerprint density at radius 1 is 1.37 bits per heavy atom. The zero-order valence-electron chi connectivity index (χ0n) is 11.4. The number of carboxylic acids is 1. The third-order valence-corrected chi connectivity index (χ3v) is 3.80. The van der Waals surface area contributed by atoms with Crippen LogP contribution in [0.15, 0.2) is 30.4 Å². The van der Waals surface area contributed by atoms with E-state index in [0.717, 1.165) is 18.4 Å². The molecular weight excluding hydrogens is 240 g/mol. The van der Waals surface area contributed by atoms with E-state index in [1.807, 2.05) is 13.0 Å². The van der Waals surface area contributed by atoms with Crippen LogP contribution in [0.3, 0.4) is 0 Å². The molecule has 0 saturated carbocycles. The molecular formula is C16H20O3. The Morgan fingerprint density at radius 3 is 2.79 bits per heavy atom. The number of para-hydroxylation sites is 1. The fourth-order valence-electron chi connectivity index (χ4n) is 2.44. The predicted molar refractivity (Wildman–Crippen MR) is 74.7 cm³/mol. The van der Waals surface area contributed by atoms with E-state index < -0.39 is 5.97 Å². The molecule has 2 unspecified atom stereocenters. The van der Waals surface area contributed by atoms with Crippen molar-refractivity contribution in [3.63, 3.8) is 0 Å². The van der Waals surface area contributed by atoms with E-state index in [1.165, 1.54) is 0 Å². The minimum atomic E-state index is -0.935. The molecule has 0 heterocycles. The van der Waals surface area contributed by atoms with Crippen molar-refractivity contribution >= 4 is 5.97 Å². The molecule has 3 heteroatoms. The Balaban J connectivity index is 2.11. The highest BCUT2D eigenvalue weighted by atomic mass is 16.5. The van der Waals surface area contributed by atoms with Crippen molar-refractivity contribution in [1.29, 1.82) is 0 Å². The van der Waals surface area contributed by atoms with E-state index in [-0.39, 0.29) is 5.56 Å². The number of rotatable bonds is 4. The van der Waals surface area contributed by atoms with Crippen LogP contribution in [-0.2, 0) is 0 Å². The summed E-state index contributed by atoms with van der Waals surface area (Å²) in [5, 5.41) is 9.19. The summed E-state index contributed by atoms with van der Waals surface area (Å²) in [4.78, 5) is 11.2. The van der Waals surface area contributed by atoms with Crippen LogP contribution < -0.4 is 4.74 Å². The molecule has 0 saturated heterocycles. The smallest absolute Gasteiger partial charge is 0.339 e. The molecule has 1 aliphatic rings. The highest BCUT2D eigenvalue weighted by Gasteiger charge is 2.21. The van der Waals surface area contributed by atoms with Gasteiger partial charge in [-0.1, -0.05) is 31.2 Å². The third kappa shape index (κ3) is 3.16. The lowest BCUT2D eigenvalue weighted by Gasteiger charge is -2.25. The Kier molecular flexibility index (Phi) is 4.25. The van der Waals surface area contributed by atoms with Gasteiger partial charge in [0.05, 0.1) is 6.61 Å². The molecule has 2 rings (SSSR count). The summed E-state index contributed by atoms with van der Waals surface area (Å²) in [6, 6.07) is 5.22. The molecule has 0 radical (unpaired) electrons. The van der Waals surface area contributed by atoms with Crippen molar-refractivity contribution in [2.45, 2.75) is 26.7 Å². The van der Waals surface area contributed by atoms with E-state index >= 15 is 0 Å². The van der Waals surface area contributed by atoms with Crippen LogP contribution in [0.4, 0.5) is 0 Å². The average Bonchev–Trinajstić information content (AvgIpc) is 2.38. The molecule has 3 nitrogen and oxygen atoms in total. The molecule has 1 N–H and O–H groups in total. The van der Waals surface area contributed by atoms with Crippen LogP contribution in [-0.4, -0.2) is 17.7 Å². The largest absolute Gasteiger partial charge is 0.492 e. The van der Waals surface area contributed by atoms with Crippen molar-refractivity contribution in [2.24, 2.45) is 11.8 Å². The van der Waals surface area contributed by atoms with E-state index in [0.29, 0.717) is 24.2 Å². The average molecular weight is 260 g/mol. The zero-order chi connectivity index (χ0) is 13.8. The predicted octanol–water partition coefficient (Wildman–Crippen LogP) is 3.67. The third-order valence-electron chi connectivity index (χ3n) is 3.80. The number of ether oxygens (including phenoxy) is 1. The number of aromatic carboxylic acids is 1. The van der Waals surface area contributed by atoms with Gasteiger partial charge in [-0.3, -0.25) is 0 Å². The molecule has 0 aromatic heterocycles. The molecule has 0 aliphatic heterocycles. The topological polar surface area (TPSA) is 46.5 Å².